The summed E-state index contributed by atoms with van der Waals surface area (Å²) >= 11 is 0. The van der Waals surface area contributed by atoms with Crippen molar-refractivity contribution in [2.24, 2.45) is 0 Å². The van der Waals surface area contributed by atoms with Gasteiger partial charge in [0.25, 0.3) is 0 Å². The zero-order valence-corrected chi connectivity index (χ0v) is 23.6. The molecule has 0 bridgehead atoms. The number of ether oxygens (including phenoxy) is 2. The molecule has 1 N–H and O–H groups in total. The molecule has 5 rings (SSSR count). The minimum absolute atomic E-state index is 0.189. The maximum absolute atomic E-state index is 13.6. The number of nitrogens with one attached hydrogen (secondary N) is 1. The van der Waals surface area contributed by atoms with Gasteiger partial charge in [-0.05, 0) is 76.2 Å². The molecule has 0 amide bonds. The van der Waals surface area contributed by atoms with Crippen molar-refractivity contribution in [3.8, 4) is 17.6 Å². The van der Waals surface area contributed by atoms with E-state index in [1.807, 2.05) is 74.7 Å². The zero-order valence-electron chi connectivity index (χ0n) is 23.6. The Hall–Kier alpha value is -4.26. The molecule has 0 atom stereocenters. The molecular weight excluding hydrogens is 505 g/mol. The number of nitriles is 1. The van der Waals surface area contributed by atoms with Gasteiger partial charge in [-0.3, -0.25) is 4.79 Å². The molecule has 9 heteroatoms. The lowest BCUT2D eigenvalue weighted by molar-refractivity contribution is 0.00578. The molecule has 0 unspecified atom stereocenters. The van der Waals surface area contributed by atoms with Crippen LogP contribution in [0.15, 0.2) is 66.9 Å². The number of anilines is 1. The summed E-state index contributed by atoms with van der Waals surface area (Å²) < 4.78 is 25.1. The Bertz CT molecular complexity index is 1620. The van der Waals surface area contributed by atoms with Gasteiger partial charge in [0, 0.05) is 40.9 Å². The quantitative estimate of drug-likeness (QED) is 0.251. The third-order valence-electron chi connectivity index (χ3n) is 7.83. The van der Waals surface area contributed by atoms with E-state index in [4.69, 9.17) is 18.8 Å². The van der Waals surface area contributed by atoms with Gasteiger partial charge in [0.05, 0.1) is 42.4 Å². The number of aromatic nitrogens is 1. The summed E-state index contributed by atoms with van der Waals surface area (Å²) in [4.78, 5) is 13.6. The summed E-state index contributed by atoms with van der Waals surface area (Å²) in [6.45, 7) is 8.48. The third-order valence-corrected chi connectivity index (χ3v) is 7.83. The molecule has 1 aliphatic rings. The summed E-state index contributed by atoms with van der Waals surface area (Å²) in [6, 6.07) is 20.4. The molecule has 0 aliphatic carbocycles. The number of rotatable bonds is 8. The first-order valence-corrected chi connectivity index (χ1v) is 13.1. The van der Waals surface area contributed by atoms with Crippen molar-refractivity contribution >= 4 is 29.6 Å². The largest absolute Gasteiger partial charge is 0.497 e. The normalized spacial score (nSPS) is 15.6. The van der Waals surface area contributed by atoms with Crippen LogP contribution in [-0.2, 0) is 15.9 Å². The van der Waals surface area contributed by atoms with Crippen LogP contribution < -0.4 is 20.3 Å². The highest BCUT2D eigenvalue weighted by Gasteiger charge is 2.52. The van der Waals surface area contributed by atoms with Crippen LogP contribution in [0.5, 0.6) is 11.5 Å². The van der Waals surface area contributed by atoms with Crippen LogP contribution >= 0.6 is 0 Å². The second-order valence-corrected chi connectivity index (χ2v) is 10.8. The molecule has 0 saturated carbocycles. The fourth-order valence-corrected chi connectivity index (χ4v) is 4.79. The molecule has 2 aromatic carbocycles. The van der Waals surface area contributed by atoms with Crippen molar-refractivity contribution in [3.63, 3.8) is 0 Å². The number of nitrogens with zero attached hydrogens (tertiary/aromatic N) is 2. The Balaban J connectivity index is 1.40. The molecule has 0 radical (unpaired) electrons. The predicted molar refractivity (Wildman–Crippen MR) is 155 cm³/mol. The standard InChI is InChI=1S/C31H32BN3O5/c1-30(2)31(3,4)40-32(39-30)24-8-7-15-35-26(24)13-14-27(35)29(36)20-10-12-25(22(16-20)18-33)34-19-21-9-11-23(37-5)17-28(21)38-6/h7-17,34H,19H2,1-6H3. The summed E-state index contributed by atoms with van der Waals surface area (Å²) in [6.07, 6.45) is 1.85. The van der Waals surface area contributed by atoms with Crippen LogP contribution in [0.1, 0.15) is 54.9 Å². The number of methoxy groups -OCH3 is 2. The highest BCUT2D eigenvalue weighted by Crippen LogP contribution is 2.37. The molecule has 8 nitrogen and oxygen atoms in total. The van der Waals surface area contributed by atoms with E-state index in [2.05, 4.69) is 11.4 Å². The van der Waals surface area contributed by atoms with E-state index < -0.39 is 18.3 Å². The number of benzene rings is 2. The fourth-order valence-electron chi connectivity index (χ4n) is 4.79. The third kappa shape index (κ3) is 4.81. The molecule has 1 aliphatic heterocycles. The van der Waals surface area contributed by atoms with Crippen molar-refractivity contribution in [1.82, 2.24) is 4.40 Å². The molecule has 4 aromatic rings. The molecule has 1 fully saturated rings. The van der Waals surface area contributed by atoms with Gasteiger partial charge in [0.1, 0.15) is 17.6 Å². The minimum atomic E-state index is -0.550. The van der Waals surface area contributed by atoms with E-state index in [-0.39, 0.29) is 5.78 Å². The Kier molecular flexibility index (Phi) is 7.09. The molecule has 204 valence electrons. The van der Waals surface area contributed by atoms with Crippen molar-refractivity contribution in [2.45, 2.75) is 45.4 Å². The summed E-state index contributed by atoms with van der Waals surface area (Å²) in [5.41, 5.74) is 3.55. The average molecular weight is 537 g/mol. The second kappa shape index (κ2) is 10.4. The molecule has 0 spiro atoms. The predicted octanol–water partition coefficient (Wildman–Crippen LogP) is 4.97. The van der Waals surface area contributed by atoms with Crippen molar-refractivity contribution in [2.75, 3.05) is 19.5 Å². The monoisotopic (exact) mass is 537 g/mol. The number of carbonyl (C=O) groups is 1. The van der Waals surface area contributed by atoms with Crippen LogP contribution in [0.4, 0.5) is 5.69 Å². The summed E-state index contributed by atoms with van der Waals surface area (Å²) in [5.74, 6) is 1.19. The number of hydrogen-bond acceptors (Lipinski definition) is 7. The molecule has 3 heterocycles. The Morgan fingerprint density at radius 1 is 1.00 bits per heavy atom. The van der Waals surface area contributed by atoms with Gasteiger partial charge in [-0.25, -0.2) is 0 Å². The minimum Gasteiger partial charge on any atom is -0.497 e. The fraction of sp³-hybridized carbons (Fsp3) is 0.290. The van der Waals surface area contributed by atoms with Gasteiger partial charge in [0.15, 0.2) is 0 Å². The average Bonchev–Trinajstić information content (AvgIpc) is 3.48. The molecular formula is C31H32BN3O5. The van der Waals surface area contributed by atoms with Crippen molar-refractivity contribution in [1.29, 1.82) is 5.26 Å². The van der Waals surface area contributed by atoms with Crippen LogP contribution in [0.2, 0.25) is 0 Å². The van der Waals surface area contributed by atoms with E-state index in [1.54, 1.807) is 38.5 Å². The van der Waals surface area contributed by atoms with E-state index >= 15 is 0 Å². The van der Waals surface area contributed by atoms with Gasteiger partial charge in [-0.2, -0.15) is 5.26 Å². The van der Waals surface area contributed by atoms with Gasteiger partial charge >= 0.3 is 7.12 Å². The number of pyridine rings is 1. The SMILES string of the molecule is COc1ccc(CNc2ccc(C(=O)c3ccc4c(B5OC(C)(C)C(C)(C)O5)cccn34)cc2C#N)c(OC)c1. The maximum Gasteiger partial charge on any atom is 0.496 e. The smallest absolute Gasteiger partial charge is 0.496 e. The Morgan fingerprint density at radius 3 is 2.42 bits per heavy atom. The van der Waals surface area contributed by atoms with E-state index in [0.29, 0.717) is 40.6 Å². The molecule has 1 saturated heterocycles. The number of hydrogen-bond donors (Lipinski definition) is 1. The van der Waals surface area contributed by atoms with Gasteiger partial charge < -0.3 is 28.5 Å². The zero-order chi connectivity index (χ0) is 28.7. The lowest BCUT2D eigenvalue weighted by atomic mass is 9.79. The first-order valence-electron chi connectivity index (χ1n) is 13.1. The van der Waals surface area contributed by atoms with Crippen LogP contribution in [0.25, 0.3) is 5.52 Å². The van der Waals surface area contributed by atoms with Crippen LogP contribution in [0, 0.1) is 11.3 Å². The Morgan fingerprint density at radius 2 is 1.75 bits per heavy atom. The summed E-state index contributed by atoms with van der Waals surface area (Å²) in [5, 5.41) is 13.1. The number of fused-ring (bicyclic) bond motifs is 1. The van der Waals surface area contributed by atoms with E-state index in [9.17, 15) is 10.1 Å². The maximum atomic E-state index is 13.6. The first-order chi connectivity index (χ1) is 19.1. The highest BCUT2D eigenvalue weighted by atomic mass is 16.7. The molecule has 2 aromatic heterocycles. The van der Waals surface area contributed by atoms with E-state index in [0.717, 1.165) is 16.5 Å². The lowest BCUT2D eigenvalue weighted by Gasteiger charge is -2.32. The topological polar surface area (TPSA) is 94.2 Å². The van der Waals surface area contributed by atoms with Gasteiger partial charge in [-0.1, -0.05) is 6.07 Å². The van der Waals surface area contributed by atoms with E-state index in [1.165, 1.54) is 0 Å². The van der Waals surface area contributed by atoms with Gasteiger partial charge in [0.2, 0.25) is 5.78 Å². The first kappa shape index (κ1) is 27.3. The van der Waals surface area contributed by atoms with Crippen LogP contribution in [-0.4, -0.2) is 42.7 Å². The van der Waals surface area contributed by atoms with Crippen LogP contribution in [0.3, 0.4) is 0 Å². The van der Waals surface area contributed by atoms with Crippen molar-refractivity contribution < 1.29 is 23.6 Å². The highest BCUT2D eigenvalue weighted by molar-refractivity contribution is 6.64. The second-order valence-electron chi connectivity index (χ2n) is 10.8. The Labute approximate surface area is 234 Å². The summed E-state index contributed by atoms with van der Waals surface area (Å²) in [7, 11) is 2.65. The lowest BCUT2D eigenvalue weighted by Crippen LogP contribution is -2.41. The number of carbonyl (C=O) groups excluding carboxylic acids is 1. The number of ketones is 1. The molecule has 40 heavy (non-hydrogen) atoms. The van der Waals surface area contributed by atoms with Gasteiger partial charge in [-0.15, -0.1) is 0 Å². The van der Waals surface area contributed by atoms with Crippen molar-refractivity contribution in [3.05, 3.63) is 89.2 Å².